The highest BCUT2D eigenvalue weighted by Gasteiger charge is 2.15. The Morgan fingerprint density at radius 1 is 1.19 bits per heavy atom. The minimum absolute atomic E-state index is 0.0854. The minimum atomic E-state index is -0.0854. The Bertz CT molecular complexity index is 1020. The van der Waals surface area contributed by atoms with Crippen molar-refractivity contribution in [1.29, 1.82) is 0 Å². The first-order chi connectivity index (χ1) is 15.1. The average molecular weight is 425 g/mol. The SMILES string of the molecule is CCn1nc(C)cc1-c1nnc(CCC(=O)Nc2cccc(CN3CCOCC3)c2)o1. The van der Waals surface area contributed by atoms with Crippen LogP contribution in [0.5, 0.6) is 0 Å². The van der Waals surface area contributed by atoms with E-state index in [0.29, 0.717) is 24.7 Å². The third kappa shape index (κ3) is 5.56. The van der Waals surface area contributed by atoms with Crippen molar-refractivity contribution in [3.05, 3.63) is 47.5 Å². The quantitative estimate of drug-likeness (QED) is 0.594. The van der Waals surface area contributed by atoms with E-state index in [9.17, 15) is 4.79 Å². The summed E-state index contributed by atoms with van der Waals surface area (Å²) in [6, 6.07) is 9.88. The number of hydrogen-bond donors (Lipinski definition) is 1. The zero-order chi connectivity index (χ0) is 21.6. The zero-order valence-electron chi connectivity index (χ0n) is 18.0. The number of rotatable bonds is 8. The molecule has 0 radical (unpaired) electrons. The predicted octanol–water partition coefficient (Wildman–Crippen LogP) is 2.66. The molecule has 9 nitrogen and oxygen atoms in total. The van der Waals surface area contributed by atoms with Crippen LogP contribution in [0.2, 0.25) is 0 Å². The maximum absolute atomic E-state index is 12.4. The molecule has 0 unspecified atom stereocenters. The highest BCUT2D eigenvalue weighted by Crippen LogP contribution is 2.20. The van der Waals surface area contributed by atoms with Crippen molar-refractivity contribution in [2.24, 2.45) is 0 Å². The topological polar surface area (TPSA) is 98.3 Å². The van der Waals surface area contributed by atoms with Crippen LogP contribution >= 0.6 is 0 Å². The molecule has 1 aliphatic rings. The van der Waals surface area contributed by atoms with Crippen LogP contribution in [0.4, 0.5) is 5.69 Å². The maximum Gasteiger partial charge on any atom is 0.265 e. The summed E-state index contributed by atoms with van der Waals surface area (Å²) in [5.74, 6) is 0.777. The van der Waals surface area contributed by atoms with Gasteiger partial charge in [0.25, 0.3) is 5.89 Å². The number of aromatic nitrogens is 4. The molecule has 3 heterocycles. The summed E-state index contributed by atoms with van der Waals surface area (Å²) in [6.07, 6.45) is 0.646. The van der Waals surface area contributed by atoms with Crippen LogP contribution in [0.1, 0.15) is 30.5 Å². The molecule has 0 atom stereocenters. The van der Waals surface area contributed by atoms with E-state index >= 15 is 0 Å². The van der Waals surface area contributed by atoms with Crippen molar-refractivity contribution in [1.82, 2.24) is 24.9 Å². The molecule has 9 heteroatoms. The number of benzene rings is 1. The summed E-state index contributed by atoms with van der Waals surface area (Å²) in [5.41, 5.74) is 3.65. The molecule has 0 spiro atoms. The lowest BCUT2D eigenvalue weighted by Crippen LogP contribution is -2.35. The van der Waals surface area contributed by atoms with Crippen LogP contribution < -0.4 is 5.32 Å². The van der Waals surface area contributed by atoms with Gasteiger partial charge in [0, 0.05) is 44.7 Å². The third-order valence-electron chi connectivity index (χ3n) is 5.17. The number of anilines is 1. The number of nitrogens with one attached hydrogen (secondary N) is 1. The van der Waals surface area contributed by atoms with Gasteiger partial charge >= 0.3 is 0 Å². The Balaban J connectivity index is 1.30. The fraction of sp³-hybridized carbons (Fsp3) is 0.455. The third-order valence-corrected chi connectivity index (χ3v) is 5.17. The molecule has 1 amide bonds. The first-order valence-corrected chi connectivity index (χ1v) is 10.7. The minimum Gasteiger partial charge on any atom is -0.419 e. The fourth-order valence-electron chi connectivity index (χ4n) is 3.63. The molecule has 164 valence electrons. The fourth-order valence-corrected chi connectivity index (χ4v) is 3.63. The number of morpholine rings is 1. The van der Waals surface area contributed by atoms with E-state index in [4.69, 9.17) is 9.15 Å². The number of carbonyl (C=O) groups excluding carboxylic acids is 1. The molecule has 0 saturated carbocycles. The molecule has 1 aromatic carbocycles. The monoisotopic (exact) mass is 424 g/mol. The van der Waals surface area contributed by atoms with Gasteiger partial charge in [-0.15, -0.1) is 10.2 Å². The van der Waals surface area contributed by atoms with Crippen molar-refractivity contribution in [2.75, 3.05) is 31.6 Å². The number of amides is 1. The van der Waals surface area contributed by atoms with Gasteiger partial charge < -0.3 is 14.5 Å². The van der Waals surface area contributed by atoms with Crippen LogP contribution in [0, 0.1) is 6.92 Å². The van der Waals surface area contributed by atoms with Crippen molar-refractivity contribution in [3.8, 4) is 11.6 Å². The maximum atomic E-state index is 12.4. The number of nitrogens with zero attached hydrogens (tertiary/aromatic N) is 5. The highest BCUT2D eigenvalue weighted by molar-refractivity contribution is 5.90. The molecule has 3 aromatic rings. The first-order valence-electron chi connectivity index (χ1n) is 10.7. The smallest absolute Gasteiger partial charge is 0.265 e. The second-order valence-electron chi connectivity index (χ2n) is 7.62. The first kappa shape index (κ1) is 21.2. The molecule has 1 saturated heterocycles. The number of hydrogen-bond acceptors (Lipinski definition) is 7. The van der Waals surface area contributed by atoms with E-state index in [1.54, 1.807) is 0 Å². The zero-order valence-corrected chi connectivity index (χ0v) is 18.0. The lowest BCUT2D eigenvalue weighted by molar-refractivity contribution is -0.116. The largest absolute Gasteiger partial charge is 0.419 e. The lowest BCUT2D eigenvalue weighted by atomic mass is 10.1. The van der Waals surface area contributed by atoms with Crippen LogP contribution in [-0.2, 0) is 29.0 Å². The van der Waals surface area contributed by atoms with Crippen LogP contribution in [0.25, 0.3) is 11.6 Å². The van der Waals surface area contributed by atoms with Crippen molar-refractivity contribution >= 4 is 11.6 Å². The van der Waals surface area contributed by atoms with Gasteiger partial charge in [0.2, 0.25) is 11.8 Å². The molecular weight excluding hydrogens is 396 g/mol. The molecule has 31 heavy (non-hydrogen) atoms. The summed E-state index contributed by atoms with van der Waals surface area (Å²) >= 11 is 0. The van der Waals surface area contributed by atoms with Gasteiger partial charge in [0.1, 0.15) is 5.69 Å². The predicted molar refractivity (Wildman–Crippen MR) is 115 cm³/mol. The van der Waals surface area contributed by atoms with E-state index in [1.165, 1.54) is 5.56 Å². The Hall–Kier alpha value is -3.04. The molecule has 4 rings (SSSR count). The van der Waals surface area contributed by atoms with Crippen molar-refractivity contribution in [3.63, 3.8) is 0 Å². The second kappa shape index (κ2) is 9.84. The lowest BCUT2D eigenvalue weighted by Gasteiger charge is -2.26. The summed E-state index contributed by atoms with van der Waals surface area (Å²) in [6.45, 7) is 8.91. The Labute approximate surface area is 181 Å². The van der Waals surface area contributed by atoms with Crippen LogP contribution in [0.15, 0.2) is 34.7 Å². The normalized spacial score (nSPS) is 14.6. The van der Waals surface area contributed by atoms with E-state index < -0.39 is 0 Å². The summed E-state index contributed by atoms with van der Waals surface area (Å²) < 4.78 is 13.0. The van der Waals surface area contributed by atoms with Gasteiger partial charge in [-0.05, 0) is 37.6 Å². The van der Waals surface area contributed by atoms with Crippen LogP contribution in [0.3, 0.4) is 0 Å². The van der Waals surface area contributed by atoms with Crippen LogP contribution in [-0.4, -0.2) is 57.1 Å². The number of ether oxygens (including phenoxy) is 1. The van der Waals surface area contributed by atoms with E-state index in [0.717, 1.165) is 49.9 Å². The Kier molecular flexibility index (Phi) is 6.73. The van der Waals surface area contributed by atoms with Crippen molar-refractivity contribution in [2.45, 2.75) is 39.8 Å². The molecular formula is C22H28N6O3. The molecule has 0 bridgehead atoms. The molecule has 1 fully saturated rings. The van der Waals surface area contributed by atoms with E-state index in [1.807, 2.05) is 42.8 Å². The summed E-state index contributed by atoms with van der Waals surface area (Å²) in [4.78, 5) is 14.8. The number of aryl methyl sites for hydroxylation is 3. The average Bonchev–Trinajstić information content (AvgIpc) is 3.39. The van der Waals surface area contributed by atoms with E-state index in [2.05, 4.69) is 31.6 Å². The van der Waals surface area contributed by atoms with Gasteiger partial charge in [0.05, 0.1) is 18.9 Å². The van der Waals surface area contributed by atoms with E-state index in [-0.39, 0.29) is 12.3 Å². The standard InChI is InChI=1S/C22H28N6O3/c1-3-28-19(13-16(2)26-28)22-25-24-21(31-22)8-7-20(29)23-18-6-4-5-17(14-18)15-27-9-11-30-12-10-27/h4-6,13-14H,3,7-12,15H2,1-2H3,(H,23,29). The molecule has 1 aliphatic heterocycles. The molecule has 0 aliphatic carbocycles. The van der Waals surface area contributed by atoms with Gasteiger partial charge in [-0.3, -0.25) is 14.4 Å². The Morgan fingerprint density at radius 2 is 2.03 bits per heavy atom. The molecule has 2 aromatic heterocycles. The Morgan fingerprint density at radius 3 is 2.84 bits per heavy atom. The summed E-state index contributed by atoms with van der Waals surface area (Å²) in [5, 5.41) is 15.6. The molecule has 1 N–H and O–H groups in total. The van der Waals surface area contributed by atoms with Gasteiger partial charge in [0.15, 0.2) is 0 Å². The van der Waals surface area contributed by atoms with Gasteiger partial charge in [-0.25, -0.2) is 0 Å². The highest BCUT2D eigenvalue weighted by atomic mass is 16.5. The number of carbonyl (C=O) groups is 1. The van der Waals surface area contributed by atoms with Gasteiger partial charge in [-0.2, -0.15) is 5.10 Å². The van der Waals surface area contributed by atoms with Gasteiger partial charge in [-0.1, -0.05) is 12.1 Å². The van der Waals surface area contributed by atoms with Crippen molar-refractivity contribution < 1.29 is 13.9 Å². The second-order valence-corrected chi connectivity index (χ2v) is 7.62. The summed E-state index contributed by atoms with van der Waals surface area (Å²) in [7, 11) is 0.